The van der Waals surface area contributed by atoms with Crippen molar-refractivity contribution in [3.63, 3.8) is 0 Å². The van der Waals surface area contributed by atoms with Crippen LogP contribution in [0.5, 0.6) is 0 Å². The second-order valence-electron chi connectivity index (χ2n) is 5.80. The van der Waals surface area contributed by atoms with E-state index in [2.05, 4.69) is 31.4 Å². The van der Waals surface area contributed by atoms with Crippen LogP contribution < -0.4 is 5.73 Å². The summed E-state index contributed by atoms with van der Waals surface area (Å²) in [5, 5.41) is 0.840. The first-order valence-electron chi connectivity index (χ1n) is 8.07. The van der Waals surface area contributed by atoms with Gasteiger partial charge in [-0.1, -0.05) is 11.8 Å². The summed E-state index contributed by atoms with van der Waals surface area (Å²) in [6.07, 6.45) is 5.73. The second kappa shape index (κ2) is 7.17. The maximum absolute atomic E-state index is 6.04. The maximum atomic E-state index is 6.04. The normalized spacial score (nSPS) is 11.3. The van der Waals surface area contributed by atoms with Crippen molar-refractivity contribution in [3.05, 3.63) is 35.5 Å². The first-order chi connectivity index (χ1) is 11.6. The van der Waals surface area contributed by atoms with Gasteiger partial charge in [-0.05, 0) is 45.2 Å². The Morgan fingerprint density at radius 2 is 1.83 bits per heavy atom. The van der Waals surface area contributed by atoms with Crippen molar-refractivity contribution < 1.29 is 0 Å². The van der Waals surface area contributed by atoms with E-state index in [0.717, 1.165) is 58.4 Å². The molecule has 7 heteroatoms. The Kier molecular flexibility index (Phi) is 4.99. The second-order valence-corrected chi connectivity index (χ2v) is 6.86. The molecule has 0 aliphatic carbocycles. The highest BCUT2D eigenvalue weighted by Gasteiger charge is 2.15. The van der Waals surface area contributed by atoms with Crippen molar-refractivity contribution in [2.24, 2.45) is 0 Å². The topological polar surface area (TPSA) is 82.5 Å². The third-order valence-corrected chi connectivity index (χ3v) is 5.10. The molecule has 0 fully saturated rings. The predicted molar refractivity (Wildman–Crippen MR) is 98.1 cm³/mol. The number of aryl methyl sites for hydroxylation is 4. The summed E-state index contributed by atoms with van der Waals surface area (Å²) in [4.78, 5) is 17.5. The Morgan fingerprint density at radius 1 is 1.08 bits per heavy atom. The molecule has 0 amide bonds. The van der Waals surface area contributed by atoms with Gasteiger partial charge < -0.3 is 10.3 Å². The Balaban J connectivity index is 1.66. The molecule has 6 nitrogen and oxygen atoms in total. The zero-order valence-electron chi connectivity index (χ0n) is 14.3. The average molecular weight is 342 g/mol. The minimum Gasteiger partial charge on any atom is -0.382 e. The van der Waals surface area contributed by atoms with E-state index in [1.54, 1.807) is 24.2 Å². The number of unbranched alkanes of at least 4 members (excludes halogenated alkanes) is 1. The lowest BCUT2D eigenvalue weighted by atomic mass is 10.2. The average Bonchev–Trinajstić information content (AvgIpc) is 2.91. The number of nitrogens with zero attached hydrogens (tertiary/aromatic N) is 5. The minimum absolute atomic E-state index is 0.520. The fourth-order valence-corrected chi connectivity index (χ4v) is 3.58. The van der Waals surface area contributed by atoms with Gasteiger partial charge in [0.15, 0.2) is 11.0 Å². The van der Waals surface area contributed by atoms with E-state index in [9.17, 15) is 0 Å². The van der Waals surface area contributed by atoms with E-state index in [1.807, 2.05) is 19.9 Å². The Bertz CT molecular complexity index is 843. The molecular formula is C17H22N6S. The zero-order chi connectivity index (χ0) is 17.1. The number of aromatic nitrogens is 5. The van der Waals surface area contributed by atoms with Gasteiger partial charge in [-0.2, -0.15) is 0 Å². The standard InChI is InChI=1S/C17H22N6S/c1-11-12(2)21-16(18)14-15(11)23(13(3)22-14)9-4-5-10-24-17-19-7-6-8-20-17/h6-8H,4-5,9-10H2,1-3H3,(H2,18,21). The lowest BCUT2D eigenvalue weighted by molar-refractivity contribution is 0.632. The molecule has 24 heavy (non-hydrogen) atoms. The lowest BCUT2D eigenvalue weighted by Crippen LogP contribution is -2.04. The number of anilines is 1. The molecule has 0 saturated carbocycles. The van der Waals surface area contributed by atoms with Gasteiger partial charge in [0.25, 0.3) is 0 Å². The Hall–Kier alpha value is -2.15. The summed E-state index contributed by atoms with van der Waals surface area (Å²) in [7, 11) is 0. The van der Waals surface area contributed by atoms with Crippen LogP contribution in [0.4, 0.5) is 5.82 Å². The molecule has 0 radical (unpaired) electrons. The van der Waals surface area contributed by atoms with Gasteiger partial charge in [-0.15, -0.1) is 0 Å². The highest BCUT2D eigenvalue weighted by molar-refractivity contribution is 7.99. The lowest BCUT2D eigenvalue weighted by Gasteiger charge is -2.10. The summed E-state index contributed by atoms with van der Waals surface area (Å²) < 4.78 is 2.26. The predicted octanol–water partition coefficient (Wildman–Crippen LogP) is 3.30. The number of thioether (sulfide) groups is 1. The van der Waals surface area contributed by atoms with Gasteiger partial charge in [0.05, 0.1) is 5.52 Å². The molecule has 2 N–H and O–H groups in total. The van der Waals surface area contributed by atoms with E-state index in [0.29, 0.717) is 5.82 Å². The van der Waals surface area contributed by atoms with Gasteiger partial charge in [-0.3, -0.25) is 0 Å². The number of imidazole rings is 1. The van der Waals surface area contributed by atoms with Gasteiger partial charge in [0.2, 0.25) is 0 Å². The summed E-state index contributed by atoms with van der Waals surface area (Å²) >= 11 is 1.70. The summed E-state index contributed by atoms with van der Waals surface area (Å²) in [5.41, 5.74) is 10.1. The molecule has 0 unspecified atom stereocenters. The van der Waals surface area contributed by atoms with E-state index < -0.39 is 0 Å². The highest BCUT2D eigenvalue weighted by Crippen LogP contribution is 2.26. The zero-order valence-corrected chi connectivity index (χ0v) is 15.1. The number of nitrogens with two attached hydrogens (primary N) is 1. The molecule has 0 bridgehead atoms. The quantitative estimate of drug-likeness (QED) is 0.420. The Morgan fingerprint density at radius 3 is 2.58 bits per heavy atom. The molecular weight excluding hydrogens is 320 g/mol. The number of nitrogen functional groups attached to an aromatic ring is 1. The molecule has 3 aromatic heterocycles. The first-order valence-corrected chi connectivity index (χ1v) is 9.06. The van der Waals surface area contributed by atoms with Crippen molar-refractivity contribution in [3.8, 4) is 0 Å². The van der Waals surface area contributed by atoms with Crippen molar-refractivity contribution in [1.29, 1.82) is 0 Å². The fourth-order valence-electron chi connectivity index (χ4n) is 2.78. The largest absolute Gasteiger partial charge is 0.382 e. The monoisotopic (exact) mass is 342 g/mol. The minimum atomic E-state index is 0.520. The van der Waals surface area contributed by atoms with Crippen LogP contribution in [0.2, 0.25) is 0 Å². The number of fused-ring (bicyclic) bond motifs is 1. The van der Waals surface area contributed by atoms with Crippen LogP contribution in [0.25, 0.3) is 11.0 Å². The van der Waals surface area contributed by atoms with Gasteiger partial charge in [-0.25, -0.2) is 19.9 Å². The molecule has 0 atom stereocenters. The van der Waals surface area contributed by atoms with E-state index in [1.165, 1.54) is 0 Å². The Labute approximate surface area is 145 Å². The van der Waals surface area contributed by atoms with Crippen LogP contribution in [0.1, 0.15) is 29.9 Å². The molecule has 0 aromatic carbocycles. The molecule has 3 aromatic rings. The molecule has 0 saturated heterocycles. The SMILES string of the molecule is Cc1nc(N)c2nc(C)n(CCCCSc3ncccn3)c2c1C. The molecule has 0 aliphatic heterocycles. The molecule has 0 aliphatic rings. The van der Waals surface area contributed by atoms with Gasteiger partial charge in [0, 0.05) is 30.4 Å². The number of pyridine rings is 1. The number of rotatable bonds is 6. The number of hydrogen-bond donors (Lipinski definition) is 1. The summed E-state index contributed by atoms with van der Waals surface area (Å²) in [5.74, 6) is 2.52. The van der Waals surface area contributed by atoms with Crippen LogP contribution in [0, 0.1) is 20.8 Å². The van der Waals surface area contributed by atoms with Crippen molar-refractivity contribution >= 4 is 28.6 Å². The smallest absolute Gasteiger partial charge is 0.187 e. The van der Waals surface area contributed by atoms with Crippen molar-refractivity contribution in [2.75, 3.05) is 11.5 Å². The molecule has 0 spiro atoms. The van der Waals surface area contributed by atoms with Crippen molar-refractivity contribution in [1.82, 2.24) is 24.5 Å². The highest BCUT2D eigenvalue weighted by atomic mass is 32.2. The van der Waals surface area contributed by atoms with Crippen molar-refractivity contribution in [2.45, 2.75) is 45.3 Å². The summed E-state index contributed by atoms with van der Waals surface area (Å²) in [6.45, 7) is 7.04. The van der Waals surface area contributed by atoms with E-state index in [-0.39, 0.29) is 0 Å². The van der Waals surface area contributed by atoms with Crippen LogP contribution in [0.15, 0.2) is 23.6 Å². The van der Waals surface area contributed by atoms with Crippen LogP contribution in [-0.2, 0) is 6.54 Å². The third-order valence-electron chi connectivity index (χ3n) is 4.14. The van der Waals surface area contributed by atoms with E-state index >= 15 is 0 Å². The molecule has 126 valence electrons. The van der Waals surface area contributed by atoms with Crippen LogP contribution in [-0.4, -0.2) is 30.3 Å². The first kappa shape index (κ1) is 16.7. The third kappa shape index (κ3) is 3.36. The molecule has 3 heterocycles. The van der Waals surface area contributed by atoms with Crippen LogP contribution >= 0.6 is 11.8 Å². The van der Waals surface area contributed by atoms with E-state index in [4.69, 9.17) is 5.73 Å². The van der Waals surface area contributed by atoms with Gasteiger partial charge in [0.1, 0.15) is 11.3 Å². The summed E-state index contributed by atoms with van der Waals surface area (Å²) in [6, 6.07) is 1.84. The fraction of sp³-hybridized carbons (Fsp3) is 0.412. The number of hydrogen-bond acceptors (Lipinski definition) is 6. The molecule has 3 rings (SSSR count). The van der Waals surface area contributed by atoms with Crippen LogP contribution in [0.3, 0.4) is 0 Å². The van der Waals surface area contributed by atoms with Gasteiger partial charge >= 0.3 is 0 Å². The maximum Gasteiger partial charge on any atom is 0.187 e.